The summed E-state index contributed by atoms with van der Waals surface area (Å²) in [7, 11) is -1.34. The van der Waals surface area contributed by atoms with Crippen LogP contribution in [0.15, 0.2) is 29.2 Å². The van der Waals surface area contributed by atoms with Crippen molar-refractivity contribution in [3.05, 3.63) is 29.8 Å². The van der Waals surface area contributed by atoms with E-state index in [1.165, 1.54) is 0 Å². The van der Waals surface area contributed by atoms with Crippen molar-refractivity contribution in [3.63, 3.8) is 0 Å². The maximum Gasteiger partial charge on any atom is 0.243 e. The number of benzene rings is 1. The number of hydrogen-bond donors (Lipinski definition) is 0. The van der Waals surface area contributed by atoms with Gasteiger partial charge in [-0.3, -0.25) is 0 Å². The van der Waals surface area contributed by atoms with Gasteiger partial charge in [0.15, 0.2) is 0 Å². The summed E-state index contributed by atoms with van der Waals surface area (Å²) in [6.45, 7) is 2.89. The molecular formula is C15H23ClN2O2S. The van der Waals surface area contributed by atoms with Crippen molar-refractivity contribution in [1.82, 2.24) is 9.21 Å². The quantitative estimate of drug-likeness (QED) is 0.777. The van der Waals surface area contributed by atoms with Gasteiger partial charge >= 0.3 is 0 Å². The standard InChI is InChI=1S/C15H23ClN2O2S/c1-17-10-3-11-18(13-12-17)21(19,20)15-7-5-14(6-8-15)4-2-9-16/h5-8H,2-4,9-13H2,1H3. The topological polar surface area (TPSA) is 40.6 Å². The first kappa shape index (κ1) is 16.7. The van der Waals surface area contributed by atoms with Gasteiger partial charge in [0.25, 0.3) is 0 Å². The Morgan fingerprint density at radius 1 is 1.10 bits per heavy atom. The molecule has 0 amide bonds. The Hall–Kier alpha value is -0.620. The minimum absolute atomic E-state index is 0.390. The summed E-state index contributed by atoms with van der Waals surface area (Å²) in [4.78, 5) is 2.56. The maximum atomic E-state index is 12.7. The largest absolute Gasteiger partial charge is 0.305 e. The first-order valence-corrected chi connectivity index (χ1v) is 9.35. The third-order valence-electron chi connectivity index (χ3n) is 3.84. The molecule has 1 heterocycles. The molecule has 6 heteroatoms. The van der Waals surface area contributed by atoms with E-state index in [-0.39, 0.29) is 0 Å². The van der Waals surface area contributed by atoms with Gasteiger partial charge in [-0.2, -0.15) is 4.31 Å². The van der Waals surface area contributed by atoms with Crippen LogP contribution in [0.1, 0.15) is 18.4 Å². The monoisotopic (exact) mass is 330 g/mol. The van der Waals surface area contributed by atoms with Gasteiger partial charge in [0.1, 0.15) is 0 Å². The molecule has 0 aliphatic carbocycles. The zero-order chi connectivity index (χ0) is 15.3. The third-order valence-corrected chi connectivity index (χ3v) is 6.02. The molecule has 0 radical (unpaired) electrons. The van der Waals surface area contributed by atoms with Crippen LogP contribution in [0.5, 0.6) is 0 Å². The van der Waals surface area contributed by atoms with Crippen molar-refractivity contribution in [2.24, 2.45) is 0 Å². The maximum absolute atomic E-state index is 12.7. The van der Waals surface area contributed by atoms with Crippen LogP contribution in [0.3, 0.4) is 0 Å². The van der Waals surface area contributed by atoms with E-state index >= 15 is 0 Å². The number of nitrogens with zero attached hydrogens (tertiary/aromatic N) is 2. The second-order valence-electron chi connectivity index (χ2n) is 5.50. The Labute approximate surface area is 132 Å². The first-order valence-electron chi connectivity index (χ1n) is 7.37. The van der Waals surface area contributed by atoms with Gasteiger partial charge in [0.05, 0.1) is 4.90 Å². The minimum Gasteiger partial charge on any atom is -0.305 e. The van der Waals surface area contributed by atoms with E-state index in [0.29, 0.717) is 23.9 Å². The van der Waals surface area contributed by atoms with E-state index in [1.54, 1.807) is 16.4 Å². The fourth-order valence-corrected chi connectivity index (χ4v) is 4.11. The molecule has 0 aromatic heterocycles. The average Bonchev–Trinajstić information content (AvgIpc) is 2.70. The number of rotatable bonds is 5. The molecule has 1 saturated heterocycles. The number of alkyl halides is 1. The van der Waals surface area contributed by atoms with Crippen LogP contribution in [0.4, 0.5) is 0 Å². The zero-order valence-corrected chi connectivity index (χ0v) is 14.0. The Morgan fingerprint density at radius 3 is 2.48 bits per heavy atom. The molecule has 0 spiro atoms. The van der Waals surface area contributed by atoms with Crippen LogP contribution in [-0.4, -0.2) is 56.7 Å². The van der Waals surface area contributed by atoms with Crippen molar-refractivity contribution in [2.75, 3.05) is 39.1 Å². The van der Waals surface area contributed by atoms with Crippen LogP contribution in [0, 0.1) is 0 Å². The minimum atomic E-state index is -3.37. The highest BCUT2D eigenvalue weighted by Gasteiger charge is 2.25. The molecule has 0 saturated carbocycles. The summed E-state index contributed by atoms with van der Waals surface area (Å²) in [5.74, 6) is 0.626. The first-order chi connectivity index (χ1) is 10.0. The summed E-state index contributed by atoms with van der Waals surface area (Å²) in [5, 5.41) is 0. The normalized spacial score (nSPS) is 18.6. The Bertz CT molecular complexity index is 545. The highest BCUT2D eigenvalue weighted by Crippen LogP contribution is 2.18. The second kappa shape index (κ2) is 7.58. The van der Waals surface area contributed by atoms with Crippen molar-refractivity contribution in [3.8, 4) is 0 Å². The smallest absolute Gasteiger partial charge is 0.243 e. The number of sulfonamides is 1. The molecular weight excluding hydrogens is 308 g/mol. The van der Waals surface area contributed by atoms with Crippen LogP contribution >= 0.6 is 11.6 Å². The Morgan fingerprint density at radius 2 is 1.81 bits per heavy atom. The van der Waals surface area contributed by atoms with E-state index in [9.17, 15) is 8.42 Å². The molecule has 21 heavy (non-hydrogen) atoms. The lowest BCUT2D eigenvalue weighted by Gasteiger charge is -2.20. The van der Waals surface area contributed by atoms with Gasteiger partial charge in [-0.15, -0.1) is 11.6 Å². The van der Waals surface area contributed by atoms with Crippen LogP contribution in [0.2, 0.25) is 0 Å². The van der Waals surface area contributed by atoms with Crippen molar-refractivity contribution in [1.29, 1.82) is 0 Å². The summed E-state index contributed by atoms with van der Waals surface area (Å²) in [5.41, 5.74) is 1.13. The third kappa shape index (κ3) is 4.42. The highest BCUT2D eigenvalue weighted by atomic mass is 35.5. The molecule has 1 aliphatic heterocycles. The summed E-state index contributed by atoms with van der Waals surface area (Å²) in [6, 6.07) is 7.22. The number of hydrogen-bond acceptors (Lipinski definition) is 3. The van der Waals surface area contributed by atoms with Crippen molar-refractivity contribution in [2.45, 2.75) is 24.2 Å². The Balaban J connectivity index is 2.11. The fraction of sp³-hybridized carbons (Fsp3) is 0.600. The number of aryl methyl sites for hydroxylation is 1. The summed E-state index contributed by atoms with van der Waals surface area (Å²) < 4.78 is 26.9. The van der Waals surface area contributed by atoms with E-state index in [0.717, 1.165) is 37.9 Å². The summed E-state index contributed by atoms with van der Waals surface area (Å²) >= 11 is 5.68. The molecule has 1 aromatic rings. The van der Waals surface area contributed by atoms with Gasteiger partial charge in [-0.25, -0.2) is 8.42 Å². The molecule has 0 unspecified atom stereocenters. The lowest BCUT2D eigenvalue weighted by Crippen LogP contribution is -2.34. The average molecular weight is 331 g/mol. The van der Waals surface area contributed by atoms with Crippen LogP contribution < -0.4 is 0 Å². The molecule has 4 nitrogen and oxygen atoms in total. The SMILES string of the molecule is CN1CCCN(S(=O)(=O)c2ccc(CCCCl)cc2)CC1. The molecule has 1 aliphatic rings. The number of halogens is 1. The molecule has 0 atom stereocenters. The molecule has 1 aromatic carbocycles. The molecule has 2 rings (SSSR count). The van der Waals surface area contributed by atoms with Gasteiger partial charge < -0.3 is 4.90 Å². The second-order valence-corrected chi connectivity index (χ2v) is 7.81. The molecule has 0 bridgehead atoms. The fourth-order valence-electron chi connectivity index (χ4n) is 2.51. The molecule has 1 fully saturated rings. The van der Waals surface area contributed by atoms with Crippen molar-refractivity contribution < 1.29 is 8.42 Å². The number of likely N-dealkylation sites (N-methyl/N-ethyl adjacent to an activating group) is 1. The highest BCUT2D eigenvalue weighted by molar-refractivity contribution is 7.89. The van der Waals surface area contributed by atoms with E-state index in [4.69, 9.17) is 11.6 Å². The lowest BCUT2D eigenvalue weighted by molar-refractivity contribution is 0.347. The van der Waals surface area contributed by atoms with Crippen molar-refractivity contribution >= 4 is 21.6 Å². The van der Waals surface area contributed by atoms with Gasteiger partial charge in [0, 0.05) is 25.5 Å². The van der Waals surface area contributed by atoms with Gasteiger partial charge in [0.2, 0.25) is 10.0 Å². The van der Waals surface area contributed by atoms with E-state index in [2.05, 4.69) is 4.90 Å². The molecule has 0 N–H and O–H groups in total. The molecule has 118 valence electrons. The van der Waals surface area contributed by atoms with Crippen LogP contribution in [-0.2, 0) is 16.4 Å². The van der Waals surface area contributed by atoms with E-state index < -0.39 is 10.0 Å². The predicted molar refractivity (Wildman–Crippen MR) is 86.4 cm³/mol. The zero-order valence-electron chi connectivity index (χ0n) is 12.5. The van der Waals surface area contributed by atoms with Crippen LogP contribution in [0.25, 0.3) is 0 Å². The van der Waals surface area contributed by atoms with E-state index in [1.807, 2.05) is 19.2 Å². The predicted octanol–water partition coefficient (Wildman–Crippen LogP) is 2.18. The van der Waals surface area contributed by atoms with Gasteiger partial charge in [-0.1, -0.05) is 12.1 Å². The van der Waals surface area contributed by atoms with Gasteiger partial charge in [-0.05, 0) is 50.6 Å². The summed E-state index contributed by atoms with van der Waals surface area (Å²) in [6.07, 6.45) is 2.67. The Kier molecular flexibility index (Phi) is 6.05. The lowest BCUT2D eigenvalue weighted by atomic mass is 10.1.